The fourth-order valence-corrected chi connectivity index (χ4v) is 5.16. The summed E-state index contributed by atoms with van der Waals surface area (Å²) in [6.07, 6.45) is 4.00. The van der Waals surface area contributed by atoms with E-state index >= 15 is 0 Å². The highest BCUT2D eigenvalue weighted by atomic mass is 28.4. The van der Waals surface area contributed by atoms with Crippen LogP contribution in [-0.2, 0) is 9.22 Å². The van der Waals surface area contributed by atoms with Gasteiger partial charge in [0, 0.05) is 24.2 Å². The first kappa shape index (κ1) is 20.0. The highest BCUT2D eigenvalue weighted by molar-refractivity contribution is 6.74. The summed E-state index contributed by atoms with van der Waals surface area (Å²) in [6.45, 7) is 13.6. The number of allylic oxidation sites excluding steroid dienone is 2. The lowest BCUT2D eigenvalue weighted by molar-refractivity contribution is -0.120. The highest BCUT2D eigenvalue weighted by Gasteiger charge is 2.46. The van der Waals surface area contributed by atoms with Crippen molar-refractivity contribution in [3.8, 4) is 11.8 Å². The highest BCUT2D eigenvalue weighted by Crippen LogP contribution is 2.48. The van der Waals surface area contributed by atoms with Gasteiger partial charge in [-0.2, -0.15) is 0 Å². The van der Waals surface area contributed by atoms with Gasteiger partial charge in [0.05, 0.1) is 5.76 Å². The lowest BCUT2D eigenvalue weighted by Crippen LogP contribution is -2.44. The summed E-state index contributed by atoms with van der Waals surface area (Å²) in [5.74, 6) is 7.67. The van der Waals surface area contributed by atoms with Gasteiger partial charge in [0.15, 0.2) is 0 Å². The van der Waals surface area contributed by atoms with E-state index in [1.165, 1.54) is 5.56 Å². The Balaban J connectivity index is 2.08. The first-order chi connectivity index (χ1) is 12.6. The van der Waals surface area contributed by atoms with Gasteiger partial charge in [0.25, 0.3) is 0 Å². The smallest absolute Gasteiger partial charge is 0.250 e. The zero-order chi connectivity index (χ0) is 19.8. The Kier molecular flexibility index (Phi) is 5.41. The first-order valence-corrected chi connectivity index (χ1v) is 13.0. The third-order valence-corrected chi connectivity index (χ3v) is 11.1. The van der Waals surface area contributed by atoms with E-state index in [-0.39, 0.29) is 34.5 Å². The Hall–Kier alpha value is -1.79. The Morgan fingerprint density at radius 3 is 2.44 bits per heavy atom. The van der Waals surface area contributed by atoms with E-state index in [1.54, 1.807) is 0 Å². The molecule has 0 N–H and O–H groups in total. The molecule has 3 rings (SSSR count). The molecular formula is C24H32O2Si. The molecule has 2 aliphatic carbocycles. The number of Topliss-reactive ketones (excluding diaryl/α,β-unsaturated/α-hetero) is 1. The van der Waals surface area contributed by atoms with Crippen LogP contribution in [0.15, 0.2) is 42.2 Å². The first-order valence-electron chi connectivity index (χ1n) is 10.1. The molecule has 0 unspecified atom stereocenters. The van der Waals surface area contributed by atoms with Gasteiger partial charge >= 0.3 is 0 Å². The van der Waals surface area contributed by atoms with E-state index in [0.717, 1.165) is 18.6 Å². The SMILES string of the molecule is C[C@@H]1[C@H]2C(=O)C#CCC[C@@H]1C(O[Si](C)(C)C(C)(C)C)=C[C@H]2c1ccccc1. The third kappa shape index (κ3) is 3.92. The van der Waals surface area contributed by atoms with Crippen LogP contribution < -0.4 is 0 Å². The second-order valence-corrected chi connectivity index (χ2v) is 14.3. The van der Waals surface area contributed by atoms with Crippen molar-refractivity contribution in [2.24, 2.45) is 17.8 Å². The molecule has 0 saturated carbocycles. The van der Waals surface area contributed by atoms with Crippen molar-refractivity contribution in [3.63, 3.8) is 0 Å². The molecule has 0 radical (unpaired) electrons. The maximum Gasteiger partial charge on any atom is 0.250 e. The molecule has 27 heavy (non-hydrogen) atoms. The largest absolute Gasteiger partial charge is 0.547 e. The predicted octanol–water partition coefficient (Wildman–Crippen LogP) is 5.92. The molecule has 0 aromatic heterocycles. The summed E-state index contributed by atoms with van der Waals surface area (Å²) in [7, 11) is -1.94. The monoisotopic (exact) mass is 380 g/mol. The van der Waals surface area contributed by atoms with Crippen molar-refractivity contribution in [1.29, 1.82) is 0 Å². The van der Waals surface area contributed by atoms with Crippen LogP contribution in [0.3, 0.4) is 0 Å². The van der Waals surface area contributed by atoms with Crippen LogP contribution in [-0.4, -0.2) is 14.1 Å². The molecule has 1 aromatic rings. The maximum absolute atomic E-state index is 12.9. The molecule has 0 saturated heterocycles. The van der Waals surface area contributed by atoms with Gasteiger partial charge in [0.1, 0.15) is 0 Å². The average Bonchev–Trinajstić information content (AvgIpc) is 2.58. The predicted molar refractivity (Wildman–Crippen MR) is 114 cm³/mol. The van der Waals surface area contributed by atoms with Crippen molar-refractivity contribution >= 4 is 14.1 Å². The number of fused-ring (bicyclic) bond motifs is 2. The molecule has 0 aliphatic heterocycles. The molecular weight excluding hydrogens is 348 g/mol. The van der Waals surface area contributed by atoms with Crippen LogP contribution in [0.25, 0.3) is 0 Å². The molecule has 144 valence electrons. The maximum atomic E-state index is 12.9. The van der Waals surface area contributed by atoms with Crippen molar-refractivity contribution in [2.45, 2.75) is 64.6 Å². The fraction of sp³-hybridized carbons (Fsp3) is 0.542. The van der Waals surface area contributed by atoms with Crippen LogP contribution >= 0.6 is 0 Å². The Bertz CT molecular complexity index is 789. The molecule has 2 bridgehead atoms. The number of hydrogen-bond donors (Lipinski definition) is 0. The normalized spacial score (nSPS) is 28.4. The second kappa shape index (κ2) is 7.32. The quantitative estimate of drug-likeness (QED) is 0.369. The molecule has 2 nitrogen and oxygen atoms in total. The van der Waals surface area contributed by atoms with Gasteiger partial charge in [0.2, 0.25) is 14.1 Å². The molecule has 0 fully saturated rings. The molecule has 3 heteroatoms. The van der Waals surface area contributed by atoms with Crippen LogP contribution in [0, 0.1) is 29.6 Å². The summed E-state index contributed by atoms with van der Waals surface area (Å²) >= 11 is 0. The van der Waals surface area contributed by atoms with Gasteiger partial charge in [-0.15, -0.1) is 0 Å². The van der Waals surface area contributed by atoms with Gasteiger partial charge in [-0.1, -0.05) is 63.9 Å². The second-order valence-electron chi connectivity index (χ2n) is 9.56. The lowest BCUT2D eigenvalue weighted by atomic mass is 9.65. The van der Waals surface area contributed by atoms with Gasteiger partial charge in [-0.25, -0.2) is 0 Å². The summed E-state index contributed by atoms with van der Waals surface area (Å²) in [5, 5.41) is 0.146. The average molecular weight is 381 g/mol. The van der Waals surface area contributed by atoms with E-state index < -0.39 is 8.32 Å². The molecule has 2 aliphatic rings. The molecule has 0 heterocycles. The topological polar surface area (TPSA) is 26.3 Å². The van der Waals surface area contributed by atoms with E-state index in [4.69, 9.17) is 4.43 Å². The van der Waals surface area contributed by atoms with E-state index in [9.17, 15) is 4.79 Å². The summed E-state index contributed by atoms with van der Waals surface area (Å²) in [6, 6.07) is 10.4. The number of rotatable bonds is 3. The van der Waals surface area contributed by atoms with Gasteiger partial charge in [-0.05, 0) is 48.0 Å². The zero-order valence-electron chi connectivity index (χ0n) is 17.5. The van der Waals surface area contributed by atoms with E-state index in [1.807, 2.05) is 18.2 Å². The van der Waals surface area contributed by atoms with Crippen molar-refractivity contribution in [2.75, 3.05) is 0 Å². The standard InChI is InChI=1S/C24H32O2Si/c1-17-19-14-10-11-15-21(25)23(17)20(18-12-8-7-9-13-18)16-22(19)26-27(5,6)24(2,3)4/h7-9,12-13,16-17,19-20,23H,10,14H2,1-6H3/t17-,19-,20-,23+/m0/s1. The Labute approximate surface area is 165 Å². The Morgan fingerprint density at radius 1 is 1.15 bits per heavy atom. The fourth-order valence-electron chi connectivity index (χ4n) is 4.04. The minimum atomic E-state index is -1.94. The molecule has 0 amide bonds. The van der Waals surface area contributed by atoms with E-state index in [0.29, 0.717) is 0 Å². The minimum Gasteiger partial charge on any atom is -0.547 e. The summed E-state index contributed by atoms with van der Waals surface area (Å²) in [5.41, 5.74) is 1.18. The third-order valence-electron chi connectivity index (χ3n) is 6.76. The number of ketones is 1. The van der Waals surface area contributed by atoms with Crippen LogP contribution in [0.2, 0.25) is 18.1 Å². The number of carbonyl (C=O) groups excluding carboxylic acids is 1. The van der Waals surface area contributed by atoms with Gasteiger partial charge < -0.3 is 4.43 Å². The molecule has 1 aromatic carbocycles. The number of carbonyl (C=O) groups is 1. The summed E-state index contributed by atoms with van der Waals surface area (Å²) < 4.78 is 6.82. The van der Waals surface area contributed by atoms with Crippen LogP contribution in [0.5, 0.6) is 0 Å². The number of benzene rings is 1. The Morgan fingerprint density at radius 2 is 1.81 bits per heavy atom. The zero-order valence-corrected chi connectivity index (χ0v) is 18.5. The lowest BCUT2D eigenvalue weighted by Gasteiger charge is -2.45. The molecule has 4 atom stereocenters. The van der Waals surface area contributed by atoms with Crippen molar-refractivity contribution < 1.29 is 9.22 Å². The van der Waals surface area contributed by atoms with Crippen molar-refractivity contribution in [1.82, 2.24) is 0 Å². The van der Waals surface area contributed by atoms with E-state index in [2.05, 4.69) is 70.8 Å². The van der Waals surface area contributed by atoms with Gasteiger partial charge in [-0.3, -0.25) is 4.79 Å². The van der Waals surface area contributed by atoms with Crippen molar-refractivity contribution in [3.05, 3.63) is 47.7 Å². The number of hydrogen-bond acceptors (Lipinski definition) is 2. The van der Waals surface area contributed by atoms with Crippen LogP contribution in [0.1, 0.15) is 52.0 Å². The summed E-state index contributed by atoms with van der Waals surface area (Å²) in [4.78, 5) is 12.9. The minimum absolute atomic E-state index is 0.0390. The van der Waals surface area contributed by atoms with Crippen LogP contribution in [0.4, 0.5) is 0 Å². The molecule has 0 spiro atoms.